The zero-order valence-corrected chi connectivity index (χ0v) is 15.7. The predicted octanol–water partition coefficient (Wildman–Crippen LogP) is 1.11. The van der Waals surface area contributed by atoms with E-state index in [0.717, 1.165) is 39.3 Å². The molecule has 0 saturated carbocycles. The number of benzene rings is 2. The Bertz CT molecular complexity index is 822. The molecule has 7 heteroatoms. The quantitative estimate of drug-likeness (QED) is 0.625. The smallest absolute Gasteiger partial charge is 0.258 e. The van der Waals surface area contributed by atoms with Crippen molar-refractivity contribution < 1.29 is 23.6 Å². The summed E-state index contributed by atoms with van der Waals surface area (Å²) in [6, 6.07) is 12.5. The van der Waals surface area contributed by atoms with E-state index < -0.39 is 11.7 Å². The average Bonchev–Trinajstić information content (AvgIpc) is 2.72. The summed E-state index contributed by atoms with van der Waals surface area (Å²) in [7, 11) is 0. The van der Waals surface area contributed by atoms with Gasteiger partial charge in [-0.1, -0.05) is 24.3 Å². The van der Waals surface area contributed by atoms with Gasteiger partial charge in [0.05, 0.1) is 36.6 Å². The molecule has 0 unspecified atom stereocenters. The number of morpholine rings is 1. The van der Waals surface area contributed by atoms with Crippen LogP contribution >= 0.6 is 0 Å². The Morgan fingerprint density at radius 3 is 2.39 bits per heavy atom. The third-order valence-corrected chi connectivity index (χ3v) is 4.73. The summed E-state index contributed by atoms with van der Waals surface area (Å²) < 4.78 is 19.1. The topological polar surface area (TPSA) is 71.9 Å². The number of rotatable bonds is 7. The first-order valence-corrected chi connectivity index (χ1v) is 9.49. The van der Waals surface area contributed by atoms with Crippen LogP contribution in [-0.2, 0) is 4.74 Å². The van der Waals surface area contributed by atoms with Gasteiger partial charge in [0.25, 0.3) is 11.8 Å². The van der Waals surface area contributed by atoms with Gasteiger partial charge >= 0.3 is 0 Å². The normalized spacial score (nSPS) is 14.5. The number of carbonyl (C=O) groups is 2. The zero-order chi connectivity index (χ0) is 19.8. The van der Waals surface area contributed by atoms with Crippen LogP contribution in [0.3, 0.4) is 0 Å². The van der Waals surface area contributed by atoms with Crippen molar-refractivity contribution in [2.45, 2.75) is 6.42 Å². The number of nitrogens with one attached hydrogen (secondary N) is 3. The molecule has 6 nitrogen and oxygen atoms in total. The molecule has 0 bridgehead atoms. The molecule has 2 aromatic rings. The summed E-state index contributed by atoms with van der Waals surface area (Å²) in [5, 5.41) is 5.53. The van der Waals surface area contributed by atoms with Gasteiger partial charge in [-0.05, 0) is 24.3 Å². The Labute approximate surface area is 163 Å². The van der Waals surface area contributed by atoms with Crippen molar-refractivity contribution in [1.29, 1.82) is 0 Å². The summed E-state index contributed by atoms with van der Waals surface area (Å²) >= 11 is 0. The van der Waals surface area contributed by atoms with Crippen LogP contribution in [0, 0.1) is 5.82 Å². The van der Waals surface area contributed by atoms with Gasteiger partial charge in [-0.15, -0.1) is 0 Å². The van der Waals surface area contributed by atoms with Gasteiger partial charge in [-0.3, -0.25) is 9.59 Å². The molecule has 3 N–H and O–H groups in total. The minimum absolute atomic E-state index is 0.0637. The van der Waals surface area contributed by atoms with Crippen molar-refractivity contribution >= 4 is 17.5 Å². The molecule has 0 aromatic heterocycles. The van der Waals surface area contributed by atoms with E-state index in [9.17, 15) is 14.0 Å². The largest absolute Gasteiger partial charge is 0.370 e. The van der Waals surface area contributed by atoms with Crippen molar-refractivity contribution in [2.24, 2.45) is 0 Å². The van der Waals surface area contributed by atoms with E-state index in [1.807, 2.05) is 0 Å². The molecule has 1 aliphatic rings. The predicted molar refractivity (Wildman–Crippen MR) is 104 cm³/mol. The van der Waals surface area contributed by atoms with Gasteiger partial charge in [0.2, 0.25) is 0 Å². The Morgan fingerprint density at radius 1 is 0.964 bits per heavy atom. The SMILES string of the molecule is O=C(Nc1ccccc1C(=O)NCCC[NH+]1CCOCC1)c1ccccc1F. The highest BCUT2D eigenvalue weighted by molar-refractivity contribution is 6.09. The molecule has 2 aromatic carbocycles. The summed E-state index contributed by atoms with van der Waals surface area (Å²) in [5.41, 5.74) is 0.643. The van der Waals surface area contributed by atoms with E-state index in [2.05, 4.69) is 10.6 Å². The number of halogens is 1. The van der Waals surface area contributed by atoms with Crippen LogP contribution < -0.4 is 15.5 Å². The van der Waals surface area contributed by atoms with Gasteiger partial charge in [0.15, 0.2) is 0 Å². The molecule has 1 saturated heterocycles. The monoisotopic (exact) mass is 386 g/mol. The lowest BCUT2D eigenvalue weighted by atomic mass is 10.1. The van der Waals surface area contributed by atoms with Crippen molar-refractivity contribution in [2.75, 3.05) is 44.7 Å². The van der Waals surface area contributed by atoms with Crippen molar-refractivity contribution in [3.05, 3.63) is 65.5 Å². The maximum Gasteiger partial charge on any atom is 0.258 e. The summed E-state index contributed by atoms with van der Waals surface area (Å²) in [5.74, 6) is -1.46. The number of amides is 2. The molecular formula is C21H25FN3O3+. The van der Waals surface area contributed by atoms with E-state index in [1.54, 1.807) is 30.3 Å². The van der Waals surface area contributed by atoms with Crippen LogP contribution in [0.25, 0.3) is 0 Å². The molecule has 0 aliphatic carbocycles. The fourth-order valence-electron chi connectivity index (χ4n) is 3.17. The van der Waals surface area contributed by atoms with Gasteiger partial charge < -0.3 is 20.3 Å². The maximum absolute atomic E-state index is 13.8. The van der Waals surface area contributed by atoms with E-state index in [0.29, 0.717) is 17.8 Å². The molecule has 0 atom stereocenters. The summed E-state index contributed by atoms with van der Waals surface area (Å²) in [6.07, 6.45) is 0.866. The zero-order valence-electron chi connectivity index (χ0n) is 15.7. The second-order valence-electron chi connectivity index (χ2n) is 6.70. The molecule has 0 spiro atoms. The minimum Gasteiger partial charge on any atom is -0.370 e. The van der Waals surface area contributed by atoms with Crippen LogP contribution in [0.1, 0.15) is 27.1 Å². The first-order valence-electron chi connectivity index (χ1n) is 9.49. The maximum atomic E-state index is 13.8. The molecule has 28 heavy (non-hydrogen) atoms. The number of para-hydroxylation sites is 1. The molecule has 2 amide bonds. The van der Waals surface area contributed by atoms with Crippen molar-refractivity contribution in [3.63, 3.8) is 0 Å². The minimum atomic E-state index is -0.604. The second-order valence-corrected chi connectivity index (χ2v) is 6.70. The van der Waals surface area contributed by atoms with Gasteiger partial charge in [0.1, 0.15) is 18.9 Å². The number of ether oxygens (including phenoxy) is 1. The molecule has 3 rings (SSSR count). The Kier molecular flexibility index (Phi) is 7.11. The molecular weight excluding hydrogens is 361 g/mol. The number of anilines is 1. The molecule has 1 heterocycles. The van der Waals surface area contributed by atoms with Gasteiger partial charge in [-0.25, -0.2) is 4.39 Å². The molecule has 1 fully saturated rings. The van der Waals surface area contributed by atoms with Crippen LogP contribution in [0.4, 0.5) is 10.1 Å². The van der Waals surface area contributed by atoms with E-state index >= 15 is 0 Å². The highest BCUT2D eigenvalue weighted by atomic mass is 19.1. The number of hydrogen-bond acceptors (Lipinski definition) is 3. The molecule has 1 aliphatic heterocycles. The average molecular weight is 386 g/mol. The van der Waals surface area contributed by atoms with E-state index in [4.69, 9.17) is 4.74 Å². The standard InChI is InChI=1S/C21H24FN3O3/c22-18-8-3-1-6-16(18)21(27)24-19-9-4-2-7-17(19)20(26)23-10-5-11-25-12-14-28-15-13-25/h1-4,6-9H,5,10-15H2,(H,23,26)(H,24,27)/p+1. The molecule has 148 valence electrons. The highest BCUT2D eigenvalue weighted by Crippen LogP contribution is 2.17. The van der Waals surface area contributed by atoms with Crippen LogP contribution in [0.2, 0.25) is 0 Å². The Balaban J connectivity index is 1.56. The fourth-order valence-corrected chi connectivity index (χ4v) is 3.17. The Hall–Kier alpha value is -2.77. The third-order valence-electron chi connectivity index (χ3n) is 4.73. The second kappa shape index (κ2) is 9.96. The first-order chi connectivity index (χ1) is 13.6. The summed E-state index contributed by atoms with van der Waals surface area (Å²) in [6.45, 7) is 5.11. The van der Waals surface area contributed by atoms with E-state index in [-0.39, 0.29) is 11.5 Å². The van der Waals surface area contributed by atoms with Crippen molar-refractivity contribution in [1.82, 2.24) is 5.32 Å². The van der Waals surface area contributed by atoms with Crippen molar-refractivity contribution in [3.8, 4) is 0 Å². The first kappa shape index (κ1) is 20.0. The van der Waals surface area contributed by atoms with Crippen LogP contribution in [0.5, 0.6) is 0 Å². The van der Waals surface area contributed by atoms with Gasteiger partial charge in [0, 0.05) is 13.0 Å². The number of carbonyl (C=O) groups excluding carboxylic acids is 2. The highest BCUT2D eigenvalue weighted by Gasteiger charge is 2.17. The van der Waals surface area contributed by atoms with Crippen LogP contribution in [0.15, 0.2) is 48.5 Å². The fraction of sp³-hybridized carbons (Fsp3) is 0.333. The van der Waals surface area contributed by atoms with E-state index in [1.165, 1.54) is 23.1 Å². The van der Waals surface area contributed by atoms with Gasteiger partial charge in [-0.2, -0.15) is 0 Å². The summed E-state index contributed by atoms with van der Waals surface area (Å²) in [4.78, 5) is 26.4. The lowest BCUT2D eigenvalue weighted by Gasteiger charge is -2.23. The molecule has 0 radical (unpaired) electrons. The Morgan fingerprint density at radius 2 is 1.64 bits per heavy atom. The van der Waals surface area contributed by atoms with Crippen LogP contribution in [-0.4, -0.2) is 51.2 Å². The number of quaternary nitrogens is 1. The number of hydrogen-bond donors (Lipinski definition) is 3. The third kappa shape index (κ3) is 5.37. The lowest BCUT2D eigenvalue weighted by Crippen LogP contribution is -3.14. The lowest BCUT2D eigenvalue weighted by molar-refractivity contribution is -0.908.